The Labute approximate surface area is 162 Å². The minimum atomic E-state index is -3.59. The van der Waals surface area contributed by atoms with Crippen LogP contribution in [-0.2, 0) is 23.0 Å². The predicted molar refractivity (Wildman–Crippen MR) is 105 cm³/mol. The third-order valence-corrected chi connectivity index (χ3v) is 6.51. The molecule has 0 spiro atoms. The average Bonchev–Trinajstić information content (AvgIpc) is 3.03. The van der Waals surface area contributed by atoms with E-state index in [1.807, 2.05) is 0 Å². The van der Waals surface area contributed by atoms with Gasteiger partial charge in [0, 0.05) is 19.1 Å². The molecular formula is C20H29N3O3S. The fourth-order valence-corrected chi connectivity index (χ4v) is 4.99. The molecule has 7 heteroatoms. The van der Waals surface area contributed by atoms with Crippen LogP contribution in [0.1, 0.15) is 43.6 Å². The molecule has 1 aromatic carbocycles. The molecule has 1 aliphatic rings. The minimum Gasteiger partial charge on any atom is -0.360 e. The van der Waals surface area contributed by atoms with Gasteiger partial charge >= 0.3 is 0 Å². The SMILES string of the molecule is Cc1oncc1S(=O)(=O)N[C@H]1CCCN(Cc2ccc(CC(C)C)cc2)C1. The Morgan fingerprint density at radius 3 is 2.59 bits per heavy atom. The molecule has 1 saturated heterocycles. The monoisotopic (exact) mass is 391 g/mol. The lowest BCUT2D eigenvalue weighted by atomic mass is 10.0. The highest BCUT2D eigenvalue weighted by Gasteiger charge is 2.27. The van der Waals surface area contributed by atoms with Gasteiger partial charge in [-0.25, -0.2) is 13.1 Å². The summed E-state index contributed by atoms with van der Waals surface area (Å²) in [5, 5.41) is 3.57. The summed E-state index contributed by atoms with van der Waals surface area (Å²) in [5.74, 6) is 0.970. The van der Waals surface area contributed by atoms with Crippen LogP contribution in [0.25, 0.3) is 0 Å². The van der Waals surface area contributed by atoms with Crippen LogP contribution in [0.3, 0.4) is 0 Å². The lowest BCUT2D eigenvalue weighted by Gasteiger charge is -2.33. The number of piperidine rings is 1. The number of nitrogens with zero attached hydrogens (tertiary/aromatic N) is 2. The van der Waals surface area contributed by atoms with Crippen LogP contribution in [-0.4, -0.2) is 37.6 Å². The first kappa shape index (κ1) is 20.0. The highest BCUT2D eigenvalue weighted by molar-refractivity contribution is 7.89. The zero-order valence-corrected chi connectivity index (χ0v) is 17.1. The summed E-state index contributed by atoms with van der Waals surface area (Å²) in [5.41, 5.74) is 2.63. The number of hydrogen-bond acceptors (Lipinski definition) is 5. The Balaban J connectivity index is 1.59. The highest BCUT2D eigenvalue weighted by atomic mass is 32.2. The van der Waals surface area contributed by atoms with E-state index in [2.05, 4.69) is 52.9 Å². The molecule has 148 valence electrons. The summed E-state index contributed by atoms with van der Waals surface area (Å²) in [6.07, 6.45) is 4.17. The maximum atomic E-state index is 12.5. The molecular weight excluding hydrogens is 362 g/mol. The van der Waals surface area contributed by atoms with Crippen molar-refractivity contribution in [2.75, 3.05) is 13.1 Å². The molecule has 0 radical (unpaired) electrons. The van der Waals surface area contributed by atoms with Gasteiger partial charge in [0.15, 0.2) is 5.76 Å². The van der Waals surface area contributed by atoms with E-state index >= 15 is 0 Å². The first-order chi connectivity index (χ1) is 12.8. The highest BCUT2D eigenvalue weighted by Crippen LogP contribution is 2.19. The Hall–Kier alpha value is -1.70. The molecule has 2 aromatic rings. The molecule has 1 atom stereocenters. The van der Waals surface area contributed by atoms with Crippen molar-refractivity contribution in [2.24, 2.45) is 5.92 Å². The average molecular weight is 392 g/mol. The summed E-state index contributed by atoms with van der Waals surface area (Å²) in [7, 11) is -3.59. The molecule has 0 saturated carbocycles. The molecule has 0 bridgehead atoms. The topological polar surface area (TPSA) is 75.4 Å². The maximum absolute atomic E-state index is 12.5. The van der Waals surface area contributed by atoms with Gasteiger partial charge in [0.1, 0.15) is 4.90 Å². The van der Waals surface area contributed by atoms with Crippen LogP contribution in [0.2, 0.25) is 0 Å². The normalized spacial score (nSPS) is 18.9. The molecule has 3 rings (SSSR count). The van der Waals surface area contributed by atoms with Gasteiger partial charge in [-0.15, -0.1) is 0 Å². The summed E-state index contributed by atoms with van der Waals surface area (Å²) in [6.45, 7) is 8.59. The smallest absolute Gasteiger partial charge is 0.245 e. The minimum absolute atomic E-state index is 0.0988. The van der Waals surface area contributed by atoms with E-state index in [0.717, 1.165) is 32.4 Å². The van der Waals surface area contributed by atoms with Crippen LogP contribution >= 0.6 is 0 Å². The van der Waals surface area contributed by atoms with E-state index in [1.165, 1.54) is 17.3 Å². The number of sulfonamides is 1. The fraction of sp³-hybridized carbons (Fsp3) is 0.550. The molecule has 6 nitrogen and oxygen atoms in total. The number of likely N-dealkylation sites (tertiary alicyclic amines) is 1. The van der Waals surface area contributed by atoms with Crippen molar-refractivity contribution in [3.8, 4) is 0 Å². The van der Waals surface area contributed by atoms with Crippen LogP contribution < -0.4 is 4.72 Å². The molecule has 0 aliphatic carbocycles. The van der Waals surface area contributed by atoms with E-state index in [9.17, 15) is 8.42 Å². The Morgan fingerprint density at radius 1 is 1.26 bits per heavy atom. The molecule has 27 heavy (non-hydrogen) atoms. The van der Waals surface area contributed by atoms with Crippen LogP contribution in [0.5, 0.6) is 0 Å². The molecule has 1 fully saturated rings. The van der Waals surface area contributed by atoms with E-state index in [4.69, 9.17) is 4.52 Å². The standard InChI is InChI=1S/C20H29N3O3S/c1-15(2)11-17-6-8-18(9-7-17)13-23-10-4-5-19(14-23)22-27(24,25)20-12-21-26-16(20)3/h6-9,12,15,19,22H,4-5,10-11,13-14H2,1-3H3/t19-/m0/s1. The second-order valence-corrected chi connectivity index (χ2v) is 9.54. The number of hydrogen-bond donors (Lipinski definition) is 1. The Kier molecular flexibility index (Phi) is 6.34. The molecule has 1 N–H and O–H groups in total. The van der Waals surface area contributed by atoms with Gasteiger partial charge in [-0.2, -0.15) is 0 Å². The van der Waals surface area contributed by atoms with Crippen LogP contribution in [0, 0.1) is 12.8 Å². The van der Waals surface area contributed by atoms with Crippen molar-refractivity contribution in [1.29, 1.82) is 0 Å². The second kappa shape index (κ2) is 8.54. The lowest BCUT2D eigenvalue weighted by Crippen LogP contribution is -2.47. The lowest BCUT2D eigenvalue weighted by molar-refractivity contribution is 0.194. The van der Waals surface area contributed by atoms with E-state index in [1.54, 1.807) is 6.92 Å². The van der Waals surface area contributed by atoms with Gasteiger partial charge in [0.2, 0.25) is 10.0 Å². The summed E-state index contributed by atoms with van der Waals surface area (Å²) < 4.78 is 32.8. The molecule has 0 unspecified atom stereocenters. The molecule has 0 amide bonds. The molecule has 2 heterocycles. The quantitative estimate of drug-likeness (QED) is 0.785. The van der Waals surface area contributed by atoms with Gasteiger partial charge < -0.3 is 4.52 Å². The first-order valence-corrected chi connectivity index (χ1v) is 11.1. The zero-order valence-electron chi connectivity index (χ0n) is 16.3. The summed E-state index contributed by atoms with van der Waals surface area (Å²) >= 11 is 0. The van der Waals surface area contributed by atoms with Gasteiger partial charge in [0.25, 0.3) is 0 Å². The second-order valence-electron chi connectivity index (χ2n) is 7.86. The number of rotatable bonds is 7. The number of nitrogens with one attached hydrogen (secondary N) is 1. The third kappa shape index (κ3) is 5.40. The van der Waals surface area contributed by atoms with Crippen molar-refractivity contribution in [3.05, 3.63) is 47.3 Å². The van der Waals surface area contributed by atoms with Crippen LogP contribution in [0.4, 0.5) is 0 Å². The predicted octanol–water partition coefficient (Wildman–Crippen LogP) is 3.12. The number of benzene rings is 1. The van der Waals surface area contributed by atoms with Crippen molar-refractivity contribution in [1.82, 2.24) is 14.8 Å². The maximum Gasteiger partial charge on any atom is 0.245 e. The van der Waals surface area contributed by atoms with E-state index < -0.39 is 10.0 Å². The number of aromatic nitrogens is 1. The van der Waals surface area contributed by atoms with E-state index in [-0.39, 0.29) is 10.9 Å². The molecule has 1 aromatic heterocycles. The van der Waals surface area contributed by atoms with Gasteiger partial charge in [-0.3, -0.25) is 4.90 Å². The summed E-state index contributed by atoms with van der Waals surface area (Å²) in [4.78, 5) is 2.44. The third-order valence-electron chi connectivity index (χ3n) is 4.90. The zero-order chi connectivity index (χ0) is 19.4. The summed E-state index contributed by atoms with van der Waals surface area (Å²) in [6, 6.07) is 8.68. The van der Waals surface area contributed by atoms with Gasteiger partial charge in [-0.05, 0) is 49.8 Å². The van der Waals surface area contributed by atoms with Gasteiger partial charge in [-0.1, -0.05) is 43.3 Å². The van der Waals surface area contributed by atoms with Crippen molar-refractivity contribution in [2.45, 2.75) is 57.5 Å². The van der Waals surface area contributed by atoms with Crippen molar-refractivity contribution >= 4 is 10.0 Å². The fourth-order valence-electron chi connectivity index (χ4n) is 3.64. The van der Waals surface area contributed by atoms with Gasteiger partial charge in [0.05, 0.1) is 6.20 Å². The Morgan fingerprint density at radius 2 is 1.96 bits per heavy atom. The van der Waals surface area contributed by atoms with Crippen molar-refractivity contribution < 1.29 is 12.9 Å². The first-order valence-electron chi connectivity index (χ1n) is 9.57. The van der Waals surface area contributed by atoms with E-state index in [0.29, 0.717) is 18.2 Å². The van der Waals surface area contributed by atoms with Crippen molar-refractivity contribution in [3.63, 3.8) is 0 Å². The molecule has 1 aliphatic heterocycles. The Bertz CT molecular complexity index is 844. The van der Waals surface area contributed by atoms with Crippen LogP contribution in [0.15, 0.2) is 39.9 Å². The largest absolute Gasteiger partial charge is 0.360 e. The number of aryl methyl sites for hydroxylation is 1.